The number of aryl methyl sites for hydroxylation is 1. The number of hydrogen-bond acceptors (Lipinski definition) is 3. The normalized spacial score (nSPS) is 20.2. The minimum absolute atomic E-state index is 0.0281. The number of thiophene rings is 1. The molecule has 2 nitrogen and oxygen atoms in total. The highest BCUT2D eigenvalue weighted by Gasteiger charge is 2.43. The molecule has 1 saturated carbocycles. The van der Waals surface area contributed by atoms with Gasteiger partial charge in [-0.1, -0.05) is 19.8 Å². The van der Waals surface area contributed by atoms with E-state index in [4.69, 9.17) is 4.74 Å². The molecule has 0 aliphatic heterocycles. The summed E-state index contributed by atoms with van der Waals surface area (Å²) >= 11 is 1.87. The second-order valence-corrected chi connectivity index (χ2v) is 6.11. The van der Waals surface area contributed by atoms with Gasteiger partial charge in [0.15, 0.2) is 0 Å². The molecular weight excluding hydrogens is 242 g/mol. The maximum Gasteiger partial charge on any atom is 0.0884 e. The highest BCUT2D eigenvalue weighted by Crippen LogP contribution is 2.45. The van der Waals surface area contributed by atoms with Crippen LogP contribution in [0.25, 0.3) is 0 Å². The zero-order valence-electron chi connectivity index (χ0n) is 11.8. The Hall–Kier alpha value is -0.380. The van der Waals surface area contributed by atoms with Crippen LogP contribution in [0.3, 0.4) is 0 Å². The Kier molecular flexibility index (Phi) is 4.82. The number of hydrogen-bond donors (Lipinski definition) is 1. The minimum Gasteiger partial charge on any atom is -0.373 e. The molecule has 1 unspecified atom stereocenters. The van der Waals surface area contributed by atoms with Crippen LogP contribution in [0, 0.1) is 6.92 Å². The van der Waals surface area contributed by atoms with Crippen molar-refractivity contribution >= 4 is 11.3 Å². The molecule has 1 aromatic heterocycles. The average molecular weight is 267 g/mol. The van der Waals surface area contributed by atoms with E-state index in [1.165, 1.54) is 36.1 Å². The van der Waals surface area contributed by atoms with Crippen molar-refractivity contribution in [3.8, 4) is 0 Å². The first kappa shape index (κ1) is 14.0. The third-order valence-corrected chi connectivity index (χ3v) is 5.06. The van der Waals surface area contributed by atoms with Gasteiger partial charge in [-0.05, 0) is 50.2 Å². The molecule has 1 aromatic rings. The van der Waals surface area contributed by atoms with E-state index in [0.29, 0.717) is 6.04 Å². The van der Waals surface area contributed by atoms with Gasteiger partial charge >= 0.3 is 0 Å². The van der Waals surface area contributed by atoms with E-state index in [1.54, 1.807) is 0 Å². The molecule has 1 atom stereocenters. The van der Waals surface area contributed by atoms with E-state index >= 15 is 0 Å². The molecule has 1 fully saturated rings. The summed E-state index contributed by atoms with van der Waals surface area (Å²) in [6, 6.07) is 2.59. The van der Waals surface area contributed by atoms with E-state index in [9.17, 15) is 0 Å². The maximum absolute atomic E-state index is 6.23. The van der Waals surface area contributed by atoms with Crippen LogP contribution in [0.1, 0.15) is 56.0 Å². The maximum atomic E-state index is 6.23. The zero-order chi connectivity index (χ0) is 13.0. The molecule has 2 rings (SSSR count). The van der Waals surface area contributed by atoms with Gasteiger partial charge in [-0.3, -0.25) is 0 Å². The SMILES string of the molecule is CCNC(c1sccc1C)C1(OCC)CCCC1. The Bertz CT molecular complexity index is 368. The minimum atomic E-state index is 0.0281. The van der Waals surface area contributed by atoms with Gasteiger partial charge in [0, 0.05) is 11.5 Å². The van der Waals surface area contributed by atoms with Gasteiger partial charge in [0.1, 0.15) is 0 Å². The lowest BCUT2D eigenvalue weighted by molar-refractivity contribution is -0.0616. The van der Waals surface area contributed by atoms with E-state index in [0.717, 1.165) is 13.2 Å². The quantitative estimate of drug-likeness (QED) is 0.839. The summed E-state index contributed by atoms with van der Waals surface area (Å²) in [5, 5.41) is 5.88. The Balaban J connectivity index is 2.30. The van der Waals surface area contributed by atoms with Gasteiger partial charge < -0.3 is 10.1 Å². The standard InChI is InChI=1S/C15H25NOS/c1-4-16-14(13-12(3)8-11-18-13)15(17-5-2)9-6-7-10-15/h8,11,14,16H,4-7,9-10H2,1-3H3. The van der Waals surface area contributed by atoms with Gasteiger partial charge in [0.2, 0.25) is 0 Å². The molecule has 1 N–H and O–H groups in total. The fourth-order valence-corrected chi connectivity index (χ4v) is 4.29. The van der Waals surface area contributed by atoms with Crippen molar-refractivity contribution in [3.05, 3.63) is 21.9 Å². The predicted octanol–water partition coefficient (Wildman–Crippen LogP) is 4.06. The van der Waals surface area contributed by atoms with E-state index in [1.807, 2.05) is 11.3 Å². The topological polar surface area (TPSA) is 21.3 Å². The van der Waals surface area contributed by atoms with Crippen LogP contribution < -0.4 is 5.32 Å². The monoisotopic (exact) mass is 267 g/mol. The first-order chi connectivity index (χ1) is 8.73. The van der Waals surface area contributed by atoms with Crippen LogP contribution >= 0.6 is 11.3 Å². The van der Waals surface area contributed by atoms with Crippen molar-refractivity contribution < 1.29 is 4.74 Å². The van der Waals surface area contributed by atoms with E-state index < -0.39 is 0 Å². The molecule has 1 heterocycles. The third-order valence-electron chi connectivity index (χ3n) is 3.98. The molecular formula is C15H25NOS. The molecule has 1 aliphatic rings. The molecule has 3 heteroatoms. The molecule has 102 valence electrons. The van der Waals surface area contributed by atoms with Gasteiger partial charge in [-0.25, -0.2) is 0 Å². The summed E-state index contributed by atoms with van der Waals surface area (Å²) in [6.07, 6.45) is 4.98. The summed E-state index contributed by atoms with van der Waals surface area (Å²) in [5.41, 5.74) is 1.43. The van der Waals surface area contributed by atoms with Gasteiger partial charge in [-0.2, -0.15) is 0 Å². The number of likely N-dealkylation sites (N-methyl/N-ethyl adjacent to an activating group) is 1. The Labute approximate surface area is 115 Å². The highest BCUT2D eigenvalue weighted by molar-refractivity contribution is 7.10. The number of nitrogens with one attached hydrogen (secondary N) is 1. The van der Waals surface area contributed by atoms with Crippen molar-refractivity contribution in [2.75, 3.05) is 13.2 Å². The zero-order valence-corrected chi connectivity index (χ0v) is 12.6. The Morgan fingerprint density at radius 2 is 2.11 bits per heavy atom. The second-order valence-electron chi connectivity index (χ2n) is 5.16. The summed E-state index contributed by atoms with van der Waals surface area (Å²) in [4.78, 5) is 1.47. The molecule has 0 aromatic carbocycles. The summed E-state index contributed by atoms with van der Waals surface area (Å²) < 4.78 is 6.23. The third kappa shape index (κ3) is 2.63. The molecule has 0 amide bonds. The van der Waals surface area contributed by atoms with Crippen LogP contribution in [0.2, 0.25) is 0 Å². The number of ether oxygens (including phenoxy) is 1. The first-order valence-corrected chi connectivity index (χ1v) is 8.03. The lowest BCUT2D eigenvalue weighted by atomic mass is 9.89. The molecule has 0 radical (unpaired) electrons. The van der Waals surface area contributed by atoms with Crippen molar-refractivity contribution in [1.82, 2.24) is 5.32 Å². The van der Waals surface area contributed by atoms with Crippen LogP contribution in [0.5, 0.6) is 0 Å². The Morgan fingerprint density at radius 1 is 1.39 bits per heavy atom. The summed E-state index contributed by atoms with van der Waals surface area (Å²) in [6.45, 7) is 8.32. The van der Waals surface area contributed by atoms with Crippen LogP contribution in [-0.2, 0) is 4.74 Å². The Morgan fingerprint density at radius 3 is 2.61 bits per heavy atom. The molecule has 0 spiro atoms. The highest BCUT2D eigenvalue weighted by atomic mass is 32.1. The smallest absolute Gasteiger partial charge is 0.0884 e. The van der Waals surface area contributed by atoms with Gasteiger partial charge in [0.05, 0.1) is 11.6 Å². The summed E-state index contributed by atoms with van der Waals surface area (Å²) in [5.74, 6) is 0. The summed E-state index contributed by atoms with van der Waals surface area (Å²) in [7, 11) is 0. The molecule has 0 saturated heterocycles. The van der Waals surface area contributed by atoms with Crippen molar-refractivity contribution in [2.45, 2.75) is 58.1 Å². The van der Waals surface area contributed by atoms with E-state index in [-0.39, 0.29) is 5.60 Å². The molecule has 18 heavy (non-hydrogen) atoms. The second kappa shape index (κ2) is 6.18. The fourth-order valence-electron chi connectivity index (χ4n) is 3.18. The van der Waals surface area contributed by atoms with Crippen molar-refractivity contribution in [3.63, 3.8) is 0 Å². The molecule has 0 bridgehead atoms. The van der Waals surface area contributed by atoms with Crippen LogP contribution in [0.4, 0.5) is 0 Å². The lowest BCUT2D eigenvalue weighted by Gasteiger charge is -2.38. The predicted molar refractivity (Wildman–Crippen MR) is 78.3 cm³/mol. The fraction of sp³-hybridized carbons (Fsp3) is 0.733. The van der Waals surface area contributed by atoms with Gasteiger partial charge in [0.25, 0.3) is 0 Å². The lowest BCUT2D eigenvalue weighted by Crippen LogP contribution is -2.44. The van der Waals surface area contributed by atoms with Gasteiger partial charge in [-0.15, -0.1) is 11.3 Å². The van der Waals surface area contributed by atoms with E-state index in [2.05, 4.69) is 37.5 Å². The van der Waals surface area contributed by atoms with Crippen molar-refractivity contribution in [1.29, 1.82) is 0 Å². The largest absolute Gasteiger partial charge is 0.373 e. The van der Waals surface area contributed by atoms with Crippen molar-refractivity contribution in [2.24, 2.45) is 0 Å². The molecule has 1 aliphatic carbocycles. The first-order valence-electron chi connectivity index (χ1n) is 7.15. The number of rotatable bonds is 6. The van der Waals surface area contributed by atoms with Crippen LogP contribution in [-0.4, -0.2) is 18.8 Å². The van der Waals surface area contributed by atoms with Crippen LogP contribution in [0.15, 0.2) is 11.4 Å². The average Bonchev–Trinajstić information content (AvgIpc) is 2.97.